The molecule has 0 saturated carbocycles. The molecule has 2 heterocycles. The zero-order chi connectivity index (χ0) is 23.3. The van der Waals surface area contributed by atoms with Gasteiger partial charge in [0.2, 0.25) is 5.91 Å². The maximum atomic E-state index is 12.3. The van der Waals surface area contributed by atoms with Crippen molar-refractivity contribution in [2.24, 2.45) is 4.99 Å². The highest BCUT2D eigenvalue weighted by molar-refractivity contribution is 8.18. The molecule has 13 heteroatoms. The summed E-state index contributed by atoms with van der Waals surface area (Å²) in [5.41, 5.74) is 0.399. The summed E-state index contributed by atoms with van der Waals surface area (Å²) in [5, 5.41) is 23.4. The van der Waals surface area contributed by atoms with Gasteiger partial charge in [-0.15, -0.1) is 0 Å². The van der Waals surface area contributed by atoms with Crippen molar-refractivity contribution >= 4 is 68.9 Å². The largest absolute Gasteiger partial charge is 0.494 e. The van der Waals surface area contributed by atoms with E-state index in [1.807, 2.05) is 0 Å². The maximum absolute atomic E-state index is 12.3. The number of rotatable bonds is 8. The summed E-state index contributed by atoms with van der Waals surface area (Å²) in [4.78, 5) is 54.9. The number of amides is 2. The van der Waals surface area contributed by atoms with E-state index < -0.39 is 17.8 Å². The lowest BCUT2D eigenvalue weighted by molar-refractivity contribution is -0.138. The average molecular weight is 476 g/mol. The molecule has 1 aliphatic heterocycles. The van der Waals surface area contributed by atoms with Gasteiger partial charge in [0.15, 0.2) is 10.3 Å². The summed E-state index contributed by atoms with van der Waals surface area (Å²) in [6, 6.07) is 4.20. The Bertz CT molecular complexity index is 1160. The molecule has 1 fully saturated rings. The van der Waals surface area contributed by atoms with E-state index in [0.29, 0.717) is 15.5 Å². The topological polar surface area (TPSA) is 167 Å². The van der Waals surface area contributed by atoms with Crippen molar-refractivity contribution in [1.82, 2.24) is 10.3 Å². The van der Waals surface area contributed by atoms with Crippen LogP contribution in [-0.2, 0) is 14.4 Å². The number of thiazole rings is 1. The van der Waals surface area contributed by atoms with Crippen LogP contribution in [0.5, 0.6) is 5.75 Å². The Balaban J connectivity index is 1.71. The normalized spacial score (nSPS) is 15.6. The van der Waals surface area contributed by atoms with E-state index in [2.05, 4.69) is 20.6 Å². The molecule has 1 aromatic heterocycles. The molecule has 4 N–H and O–H groups in total. The molecule has 1 saturated heterocycles. The fourth-order valence-corrected chi connectivity index (χ4v) is 4.11. The lowest BCUT2D eigenvalue weighted by Gasteiger charge is -2.06. The number of hydrogen-bond acceptors (Lipinski definition) is 9. The van der Waals surface area contributed by atoms with Crippen LogP contribution in [-0.4, -0.2) is 51.2 Å². The number of ether oxygens (including phenoxy) is 1. The Hall–Kier alpha value is -3.71. The summed E-state index contributed by atoms with van der Waals surface area (Å²) in [6.07, 6.45) is 2.61. The van der Waals surface area contributed by atoms with Crippen molar-refractivity contribution in [3.8, 4) is 5.75 Å². The van der Waals surface area contributed by atoms with Crippen molar-refractivity contribution in [3.05, 3.63) is 39.7 Å². The van der Waals surface area contributed by atoms with Crippen LogP contribution < -0.4 is 15.4 Å². The molecule has 0 aliphatic carbocycles. The molecular weight excluding hydrogens is 460 g/mol. The van der Waals surface area contributed by atoms with E-state index in [4.69, 9.17) is 14.9 Å². The Morgan fingerprint density at radius 1 is 1.28 bits per heavy atom. The lowest BCUT2D eigenvalue weighted by Crippen LogP contribution is -2.19. The molecule has 0 radical (unpaired) electrons. The van der Waals surface area contributed by atoms with Gasteiger partial charge in [-0.3, -0.25) is 14.4 Å². The van der Waals surface area contributed by atoms with E-state index in [9.17, 15) is 19.2 Å². The number of aromatic carboxylic acids is 1. The van der Waals surface area contributed by atoms with Crippen molar-refractivity contribution in [1.29, 1.82) is 0 Å². The van der Waals surface area contributed by atoms with Crippen molar-refractivity contribution in [2.75, 3.05) is 12.4 Å². The number of carbonyl (C=O) groups is 4. The second-order valence-electron chi connectivity index (χ2n) is 6.18. The van der Waals surface area contributed by atoms with E-state index in [1.54, 1.807) is 6.08 Å². The molecule has 11 nitrogen and oxygen atoms in total. The molecule has 0 spiro atoms. The molecule has 3 rings (SSSR count). The van der Waals surface area contributed by atoms with Gasteiger partial charge in [0.05, 0.1) is 28.9 Å². The Labute approximate surface area is 189 Å². The van der Waals surface area contributed by atoms with Gasteiger partial charge in [-0.05, 0) is 36.0 Å². The zero-order valence-corrected chi connectivity index (χ0v) is 18.1. The van der Waals surface area contributed by atoms with Crippen molar-refractivity contribution in [2.45, 2.75) is 12.8 Å². The van der Waals surface area contributed by atoms with Crippen LogP contribution in [0, 0.1) is 0 Å². The van der Waals surface area contributed by atoms with Crippen LogP contribution in [0.1, 0.15) is 28.1 Å². The van der Waals surface area contributed by atoms with Crippen LogP contribution in [0.15, 0.2) is 34.3 Å². The van der Waals surface area contributed by atoms with E-state index >= 15 is 0 Å². The Kier molecular flexibility index (Phi) is 7.22. The standard InChI is InChI=1S/C19H16N4O7S2/c1-30-12-6-9(17(28)29)2-3-11(12)21-19-23-16(27)13(32-19)7-10-8-20-18(31-10)22-14(24)4-5-15(25)26/h2-3,6-8H,4-5H2,1H3,(H,25,26)(H,28,29)(H,20,22,24)(H,21,23,27)/b13-7-. The van der Waals surface area contributed by atoms with Gasteiger partial charge in [-0.1, -0.05) is 11.3 Å². The second kappa shape index (κ2) is 10.1. The maximum Gasteiger partial charge on any atom is 0.335 e. The third kappa shape index (κ3) is 5.92. The first-order valence-corrected chi connectivity index (χ1v) is 10.6. The van der Waals surface area contributed by atoms with Gasteiger partial charge < -0.3 is 25.6 Å². The summed E-state index contributed by atoms with van der Waals surface area (Å²) in [6.45, 7) is 0. The number of hydrogen-bond donors (Lipinski definition) is 4. The van der Waals surface area contributed by atoms with Gasteiger partial charge >= 0.3 is 11.9 Å². The molecule has 0 bridgehead atoms. The van der Waals surface area contributed by atoms with E-state index in [-0.39, 0.29) is 40.4 Å². The van der Waals surface area contributed by atoms with Crippen LogP contribution in [0.3, 0.4) is 0 Å². The summed E-state index contributed by atoms with van der Waals surface area (Å²) in [7, 11) is 1.39. The predicted octanol–water partition coefficient (Wildman–Crippen LogP) is 2.54. The van der Waals surface area contributed by atoms with E-state index in [1.165, 1.54) is 31.5 Å². The quantitative estimate of drug-likeness (QED) is 0.419. The van der Waals surface area contributed by atoms with Gasteiger partial charge in [-0.2, -0.15) is 0 Å². The number of carboxylic acid groups (broad SMARTS) is 2. The summed E-state index contributed by atoms with van der Waals surface area (Å²) < 4.78 is 5.18. The number of nitrogens with zero attached hydrogens (tertiary/aromatic N) is 2. The third-order valence-electron chi connectivity index (χ3n) is 3.91. The number of thioether (sulfide) groups is 1. The molecule has 2 amide bonds. The fraction of sp³-hybridized carbons (Fsp3) is 0.158. The number of methoxy groups -OCH3 is 1. The number of aliphatic carboxylic acids is 1. The zero-order valence-electron chi connectivity index (χ0n) is 16.4. The minimum Gasteiger partial charge on any atom is -0.494 e. The van der Waals surface area contributed by atoms with Crippen LogP contribution in [0.4, 0.5) is 10.8 Å². The molecule has 0 unspecified atom stereocenters. The third-order valence-corrected chi connectivity index (χ3v) is 5.68. The highest BCUT2D eigenvalue weighted by atomic mass is 32.2. The number of nitrogens with one attached hydrogen (secondary N) is 2. The van der Waals surface area contributed by atoms with Gasteiger partial charge in [0, 0.05) is 12.6 Å². The SMILES string of the molecule is COc1cc(C(=O)O)ccc1N=C1NC(=O)/C(=C/c2cnc(NC(=O)CCC(=O)O)s2)S1. The number of aliphatic imine (C=N–C) groups is 1. The fourth-order valence-electron chi connectivity index (χ4n) is 2.44. The second-order valence-corrected chi connectivity index (χ2v) is 8.28. The summed E-state index contributed by atoms with van der Waals surface area (Å²) in [5.74, 6) is -2.77. The van der Waals surface area contributed by atoms with Crippen LogP contribution in [0.2, 0.25) is 0 Å². The average Bonchev–Trinajstić information content (AvgIpc) is 3.32. The molecule has 2 aromatic rings. The first kappa shape index (κ1) is 23.0. The van der Waals surface area contributed by atoms with Gasteiger partial charge in [-0.25, -0.2) is 14.8 Å². The molecule has 1 aliphatic rings. The number of carboxylic acids is 2. The molecular formula is C19H16N4O7S2. The van der Waals surface area contributed by atoms with E-state index in [0.717, 1.165) is 23.1 Å². The highest BCUT2D eigenvalue weighted by Crippen LogP contribution is 2.33. The van der Waals surface area contributed by atoms with Crippen molar-refractivity contribution in [3.63, 3.8) is 0 Å². The van der Waals surface area contributed by atoms with Crippen molar-refractivity contribution < 1.29 is 34.1 Å². The molecule has 0 atom stereocenters. The Morgan fingerprint density at radius 3 is 2.75 bits per heavy atom. The monoisotopic (exact) mass is 476 g/mol. The molecule has 166 valence electrons. The first-order chi connectivity index (χ1) is 15.2. The number of carbonyl (C=O) groups excluding carboxylic acids is 2. The molecule has 1 aromatic carbocycles. The minimum atomic E-state index is -1.10. The lowest BCUT2D eigenvalue weighted by atomic mass is 10.2. The first-order valence-electron chi connectivity index (χ1n) is 8.93. The number of aromatic nitrogens is 1. The number of benzene rings is 1. The predicted molar refractivity (Wildman–Crippen MR) is 118 cm³/mol. The highest BCUT2D eigenvalue weighted by Gasteiger charge is 2.25. The minimum absolute atomic E-state index is 0.0468. The number of anilines is 1. The van der Waals surface area contributed by atoms with Gasteiger partial charge in [0.1, 0.15) is 11.4 Å². The smallest absolute Gasteiger partial charge is 0.335 e. The Morgan fingerprint density at radius 2 is 2.06 bits per heavy atom. The summed E-state index contributed by atoms with van der Waals surface area (Å²) >= 11 is 2.20. The molecule has 32 heavy (non-hydrogen) atoms. The van der Waals surface area contributed by atoms with Crippen LogP contribution in [0.25, 0.3) is 6.08 Å². The van der Waals surface area contributed by atoms with Gasteiger partial charge in [0.25, 0.3) is 5.91 Å². The number of amidine groups is 1. The van der Waals surface area contributed by atoms with Crippen LogP contribution >= 0.6 is 23.1 Å².